The van der Waals surface area contributed by atoms with Gasteiger partial charge in [0.2, 0.25) is 23.6 Å². The molecule has 0 fully saturated rings. The first-order chi connectivity index (χ1) is 22.4. The van der Waals surface area contributed by atoms with E-state index >= 15 is 0 Å². The molecule has 0 aliphatic carbocycles. The summed E-state index contributed by atoms with van der Waals surface area (Å²) in [6, 6.07) is 9.39. The first-order valence-corrected chi connectivity index (χ1v) is 15.6. The number of amides is 5. The number of carbonyl (C=O) groups is 5. The average molecular weight is 648 g/mol. The van der Waals surface area contributed by atoms with Crippen molar-refractivity contribution in [2.45, 2.75) is 65.2 Å². The van der Waals surface area contributed by atoms with Gasteiger partial charge in [-0.15, -0.1) is 0 Å². The first kappa shape index (κ1) is 34.5. The zero-order valence-corrected chi connectivity index (χ0v) is 26.9. The van der Waals surface area contributed by atoms with Gasteiger partial charge in [-0.05, 0) is 44.7 Å². The van der Waals surface area contributed by atoms with Gasteiger partial charge in [-0.3, -0.25) is 28.8 Å². The Balaban J connectivity index is 1.64. The normalized spacial score (nSPS) is 20.5. The number of H-pyrrole nitrogens is 1. The van der Waals surface area contributed by atoms with E-state index in [2.05, 4.69) is 36.3 Å². The Kier molecular flexibility index (Phi) is 11.6. The van der Waals surface area contributed by atoms with Crippen LogP contribution >= 0.6 is 0 Å². The number of aromatic nitrogens is 4. The summed E-state index contributed by atoms with van der Waals surface area (Å²) in [5.74, 6) is -2.03. The van der Waals surface area contributed by atoms with Crippen LogP contribution in [0.15, 0.2) is 53.5 Å². The molecule has 1 aliphatic heterocycles. The molecule has 0 saturated heterocycles. The van der Waals surface area contributed by atoms with Crippen LogP contribution in [0.4, 0.5) is 0 Å². The van der Waals surface area contributed by atoms with Gasteiger partial charge in [0.15, 0.2) is 5.82 Å². The lowest BCUT2D eigenvalue weighted by molar-refractivity contribution is -0.132. The molecule has 250 valence electrons. The first-order valence-electron chi connectivity index (χ1n) is 15.6. The fourth-order valence-electron chi connectivity index (χ4n) is 5.11. The summed E-state index contributed by atoms with van der Waals surface area (Å²) < 4.78 is 1.43. The third-order valence-electron chi connectivity index (χ3n) is 7.48. The highest BCUT2D eigenvalue weighted by Gasteiger charge is 2.29. The van der Waals surface area contributed by atoms with Crippen molar-refractivity contribution in [3.05, 3.63) is 70.4 Å². The van der Waals surface area contributed by atoms with Crippen LogP contribution in [0.2, 0.25) is 0 Å². The van der Waals surface area contributed by atoms with Crippen molar-refractivity contribution in [3.63, 3.8) is 0 Å². The SMILES string of the molecule is CC(C)CC1NC(=O)[C@@H](C)NC(=O)CN(C(=O)c2ccc[nH]c2=O)CCCNC(=O)Cn2nc(-c3ccccc3)nc2[C@H](C)NC1=O. The van der Waals surface area contributed by atoms with Crippen molar-refractivity contribution in [1.29, 1.82) is 0 Å². The predicted molar refractivity (Wildman–Crippen MR) is 172 cm³/mol. The molecule has 3 heterocycles. The van der Waals surface area contributed by atoms with Crippen LogP contribution in [0.1, 0.15) is 62.8 Å². The van der Waals surface area contributed by atoms with Gasteiger partial charge in [0.05, 0.1) is 12.6 Å². The summed E-state index contributed by atoms with van der Waals surface area (Å²) in [5, 5.41) is 15.6. The van der Waals surface area contributed by atoms with Gasteiger partial charge >= 0.3 is 0 Å². The Hall–Kier alpha value is -5.34. The molecule has 1 aliphatic rings. The van der Waals surface area contributed by atoms with Crippen LogP contribution in [0.25, 0.3) is 11.4 Å². The molecule has 0 radical (unpaired) electrons. The summed E-state index contributed by atoms with van der Waals surface area (Å²) in [6.45, 7) is 6.53. The number of carbonyl (C=O) groups excluding carboxylic acids is 5. The number of hydrogen-bond donors (Lipinski definition) is 5. The molecule has 0 saturated carbocycles. The number of benzene rings is 1. The maximum absolute atomic E-state index is 13.5. The lowest BCUT2D eigenvalue weighted by atomic mass is 10.0. The predicted octanol–water partition coefficient (Wildman–Crippen LogP) is 0.509. The minimum absolute atomic E-state index is 0.0279. The molecular weight excluding hydrogens is 606 g/mol. The molecule has 3 atom stereocenters. The van der Waals surface area contributed by atoms with E-state index in [1.54, 1.807) is 6.92 Å². The molecule has 15 nitrogen and oxygen atoms in total. The van der Waals surface area contributed by atoms with Gasteiger partial charge in [0.1, 0.15) is 30.0 Å². The van der Waals surface area contributed by atoms with Crippen molar-refractivity contribution in [2.24, 2.45) is 5.92 Å². The van der Waals surface area contributed by atoms with E-state index in [9.17, 15) is 28.8 Å². The van der Waals surface area contributed by atoms with E-state index < -0.39 is 53.9 Å². The van der Waals surface area contributed by atoms with Crippen LogP contribution in [-0.4, -0.2) is 85.9 Å². The van der Waals surface area contributed by atoms with Gasteiger partial charge in [0.25, 0.3) is 11.5 Å². The monoisotopic (exact) mass is 647 g/mol. The fourth-order valence-corrected chi connectivity index (χ4v) is 5.11. The molecule has 47 heavy (non-hydrogen) atoms. The maximum atomic E-state index is 13.5. The van der Waals surface area contributed by atoms with Crippen LogP contribution in [0, 0.1) is 5.92 Å². The Morgan fingerprint density at radius 3 is 2.34 bits per heavy atom. The molecule has 3 aromatic rings. The Morgan fingerprint density at radius 1 is 0.894 bits per heavy atom. The number of pyridine rings is 1. The van der Waals surface area contributed by atoms with Gasteiger partial charge in [-0.1, -0.05) is 44.2 Å². The largest absolute Gasteiger partial charge is 0.354 e. The fraction of sp³-hybridized carbons (Fsp3) is 0.438. The second kappa shape index (κ2) is 15.8. The summed E-state index contributed by atoms with van der Waals surface area (Å²) in [4.78, 5) is 86.7. The molecule has 1 unspecified atom stereocenters. The molecule has 5 amide bonds. The van der Waals surface area contributed by atoms with E-state index in [1.807, 2.05) is 44.2 Å². The standard InChI is InChI=1S/C32H41N9O6/c1-19(2)16-24-31(46)36-20(3)28-38-27(22-10-6-5-7-11-22)39-41(28)18-25(42)33-14-9-15-40(17-26(43)35-21(4)29(44)37-24)32(47)23-12-8-13-34-30(23)45/h5-8,10-13,19-21,24H,9,14-18H2,1-4H3,(H,33,42)(H,34,45)(H,35,43)(H,36,46)(H,37,44)/t20-,21+,24?/m0/s1. The van der Waals surface area contributed by atoms with E-state index in [-0.39, 0.29) is 43.4 Å². The van der Waals surface area contributed by atoms with E-state index in [0.29, 0.717) is 18.1 Å². The van der Waals surface area contributed by atoms with Crippen molar-refractivity contribution < 1.29 is 24.0 Å². The number of hydrogen-bond acceptors (Lipinski definition) is 8. The van der Waals surface area contributed by atoms with Crippen LogP contribution in [-0.2, 0) is 25.7 Å². The van der Waals surface area contributed by atoms with Gasteiger partial charge in [0, 0.05) is 24.8 Å². The number of aromatic amines is 1. The highest BCUT2D eigenvalue weighted by Crippen LogP contribution is 2.19. The summed E-state index contributed by atoms with van der Waals surface area (Å²) in [7, 11) is 0. The average Bonchev–Trinajstić information content (AvgIpc) is 3.45. The lowest BCUT2D eigenvalue weighted by Gasteiger charge is -2.25. The maximum Gasteiger partial charge on any atom is 0.260 e. The van der Waals surface area contributed by atoms with Crippen LogP contribution in [0.3, 0.4) is 0 Å². The van der Waals surface area contributed by atoms with Crippen molar-refractivity contribution in [2.75, 3.05) is 19.6 Å². The van der Waals surface area contributed by atoms with E-state index in [0.717, 1.165) is 5.56 Å². The van der Waals surface area contributed by atoms with E-state index in [1.165, 1.54) is 34.8 Å². The highest BCUT2D eigenvalue weighted by molar-refractivity contribution is 5.97. The molecular formula is C32H41N9O6. The third kappa shape index (κ3) is 9.34. The minimum atomic E-state index is -1.04. The minimum Gasteiger partial charge on any atom is -0.354 e. The Morgan fingerprint density at radius 2 is 1.64 bits per heavy atom. The highest BCUT2D eigenvalue weighted by atomic mass is 16.2. The van der Waals surface area contributed by atoms with Crippen molar-refractivity contribution >= 4 is 29.5 Å². The summed E-state index contributed by atoms with van der Waals surface area (Å²) >= 11 is 0. The van der Waals surface area contributed by atoms with Crippen molar-refractivity contribution in [1.82, 2.24) is 45.9 Å². The molecule has 1 aromatic carbocycles. The van der Waals surface area contributed by atoms with Gasteiger partial charge in [-0.2, -0.15) is 5.10 Å². The van der Waals surface area contributed by atoms with Crippen LogP contribution < -0.4 is 26.8 Å². The number of nitrogens with zero attached hydrogens (tertiary/aromatic N) is 4. The molecule has 0 bridgehead atoms. The lowest BCUT2D eigenvalue weighted by Crippen LogP contribution is -2.54. The smallest absolute Gasteiger partial charge is 0.260 e. The quantitative estimate of drug-likeness (QED) is 0.270. The van der Waals surface area contributed by atoms with Crippen LogP contribution in [0.5, 0.6) is 0 Å². The zero-order valence-electron chi connectivity index (χ0n) is 26.9. The third-order valence-corrected chi connectivity index (χ3v) is 7.48. The Bertz CT molecular complexity index is 1650. The molecule has 0 spiro atoms. The number of fused-ring (bicyclic) bond motifs is 1. The second-order valence-electron chi connectivity index (χ2n) is 11.9. The van der Waals surface area contributed by atoms with Gasteiger partial charge in [-0.25, -0.2) is 9.67 Å². The number of rotatable bonds is 4. The Labute approximate surface area is 271 Å². The molecule has 15 heteroatoms. The molecule has 2 aromatic heterocycles. The molecule has 5 N–H and O–H groups in total. The topological polar surface area (TPSA) is 200 Å². The van der Waals surface area contributed by atoms with Gasteiger partial charge < -0.3 is 31.2 Å². The second-order valence-corrected chi connectivity index (χ2v) is 11.9. The number of nitrogens with one attached hydrogen (secondary N) is 5. The summed E-state index contributed by atoms with van der Waals surface area (Å²) in [6.07, 6.45) is 1.96. The molecule has 4 rings (SSSR count). The van der Waals surface area contributed by atoms with E-state index in [4.69, 9.17) is 0 Å². The zero-order chi connectivity index (χ0) is 34.1. The summed E-state index contributed by atoms with van der Waals surface area (Å²) in [5.41, 5.74) is -0.0429. The van der Waals surface area contributed by atoms with Crippen molar-refractivity contribution in [3.8, 4) is 11.4 Å².